The van der Waals surface area contributed by atoms with Crippen LogP contribution in [0.15, 0.2) is 84.8 Å². The van der Waals surface area contributed by atoms with E-state index in [1.165, 1.54) is 36.7 Å². The molecule has 0 unspecified atom stereocenters. The first kappa shape index (κ1) is 38.4. The van der Waals surface area contributed by atoms with Crippen LogP contribution in [0.5, 0.6) is 17.2 Å². The highest BCUT2D eigenvalue weighted by Gasteiger charge is 2.14. The number of fused-ring (bicyclic) bond motifs is 2. The number of unbranched alkanes of at least 4 members (excludes halogenated alkanes) is 2. The molecule has 0 atom stereocenters. The molecular weight excluding hydrogens is 720 g/mol. The molecule has 0 amide bonds. The molecule has 0 aromatic carbocycles. The summed E-state index contributed by atoms with van der Waals surface area (Å²) in [5.74, 6) is 0.902. The van der Waals surface area contributed by atoms with Crippen LogP contribution in [0.4, 0.5) is 0 Å². The highest BCUT2D eigenvalue weighted by atomic mass is 79.9. The summed E-state index contributed by atoms with van der Waals surface area (Å²) in [6.45, 7) is 8.63. The van der Waals surface area contributed by atoms with Gasteiger partial charge in [0, 0.05) is 49.2 Å². The number of pyridine rings is 4. The van der Waals surface area contributed by atoms with Crippen molar-refractivity contribution in [1.29, 1.82) is 0 Å². The Morgan fingerprint density at radius 3 is 1.63 bits per heavy atom. The van der Waals surface area contributed by atoms with E-state index >= 15 is 0 Å². The van der Waals surface area contributed by atoms with Gasteiger partial charge in [0.2, 0.25) is 0 Å². The first-order chi connectivity index (χ1) is 24.4. The summed E-state index contributed by atoms with van der Waals surface area (Å²) in [6, 6.07) is 10.5. The van der Waals surface area contributed by atoms with E-state index in [-0.39, 0.29) is 33.7 Å². The van der Waals surface area contributed by atoms with Crippen molar-refractivity contribution in [2.45, 2.75) is 66.5 Å². The van der Waals surface area contributed by atoms with Gasteiger partial charge in [-0.05, 0) is 79.0 Å². The molecule has 6 rings (SSSR count). The molecule has 1 N–H and O–H groups in total. The molecule has 0 aliphatic heterocycles. The van der Waals surface area contributed by atoms with Gasteiger partial charge in [-0.25, -0.2) is 19.6 Å². The highest BCUT2D eigenvalue weighted by molar-refractivity contribution is 9.10. The largest absolute Gasteiger partial charge is 0.506 e. The monoisotopic (exact) mass is 760 g/mol. The van der Waals surface area contributed by atoms with Crippen molar-refractivity contribution >= 4 is 38.0 Å². The lowest BCUT2D eigenvalue weighted by molar-refractivity contribution is 0.473. The summed E-state index contributed by atoms with van der Waals surface area (Å²) < 4.78 is 11.9. The lowest BCUT2D eigenvalue weighted by Crippen LogP contribution is -2.39. The zero-order valence-corrected chi connectivity index (χ0v) is 31.0. The van der Waals surface area contributed by atoms with Crippen molar-refractivity contribution in [2.24, 2.45) is 14.1 Å². The van der Waals surface area contributed by atoms with Gasteiger partial charge in [0.1, 0.15) is 28.5 Å². The standard InChI is InChI=1S/C18H20N4O3.C12H15N3O3.C6H6BrN/c1-4-5-8-22-17(23)15-9-14(11-20-16(15)21(3)18(22)24)25-13-7-6-12(2)19-10-13;1-3-4-5-15-11(17)9-6-8(16)7-13-10(9)14(2)12(15)18;1-5-2-3-6(7)4-8-5/h6-7,9-11H,4-5,8H2,1-3H3;6-7,16H,3-5H2,1-2H3;2-4H,1H3. The molecule has 51 heavy (non-hydrogen) atoms. The Bertz CT molecular complexity index is 2340. The zero-order chi connectivity index (χ0) is 37.2. The van der Waals surface area contributed by atoms with Crippen molar-refractivity contribution in [1.82, 2.24) is 38.2 Å². The molecule has 0 spiro atoms. The number of ether oxygens (including phenoxy) is 1. The van der Waals surface area contributed by atoms with E-state index in [1.54, 1.807) is 38.6 Å². The molecule has 0 saturated carbocycles. The lowest BCUT2D eigenvalue weighted by Gasteiger charge is -2.11. The topological polar surface area (TPSA) is 169 Å². The molecule has 0 aliphatic carbocycles. The Kier molecular flexibility index (Phi) is 13.1. The minimum Gasteiger partial charge on any atom is -0.506 e. The molecule has 0 saturated heterocycles. The van der Waals surface area contributed by atoms with Gasteiger partial charge in [-0.15, -0.1) is 0 Å². The fourth-order valence-electron chi connectivity index (χ4n) is 4.93. The Hall–Kier alpha value is -5.44. The van der Waals surface area contributed by atoms with Gasteiger partial charge in [0.05, 0.1) is 29.4 Å². The molecule has 14 nitrogen and oxygen atoms in total. The maximum Gasteiger partial charge on any atom is 0.332 e. The average molecular weight is 762 g/mol. The van der Waals surface area contributed by atoms with Crippen molar-refractivity contribution in [2.75, 3.05) is 0 Å². The Labute approximate surface area is 301 Å². The zero-order valence-electron chi connectivity index (χ0n) is 29.5. The van der Waals surface area contributed by atoms with Crippen LogP contribution in [-0.2, 0) is 27.2 Å². The summed E-state index contributed by atoms with van der Waals surface area (Å²) in [5, 5.41) is 10.00. The molecular formula is C36H41BrN8O6. The van der Waals surface area contributed by atoms with Gasteiger partial charge < -0.3 is 9.84 Å². The van der Waals surface area contributed by atoms with Crippen molar-refractivity contribution < 1.29 is 9.84 Å². The molecule has 0 radical (unpaired) electrons. The van der Waals surface area contributed by atoms with Crippen molar-refractivity contribution in [3.63, 3.8) is 0 Å². The summed E-state index contributed by atoms with van der Waals surface area (Å²) in [7, 11) is 3.18. The van der Waals surface area contributed by atoms with Crippen molar-refractivity contribution in [3.8, 4) is 17.2 Å². The number of hydrogen-bond donors (Lipinski definition) is 1. The Morgan fingerprint density at radius 2 is 1.16 bits per heavy atom. The van der Waals surface area contributed by atoms with Gasteiger partial charge in [0.15, 0.2) is 0 Å². The van der Waals surface area contributed by atoms with E-state index < -0.39 is 5.56 Å². The second-order valence-electron chi connectivity index (χ2n) is 11.8. The number of halogens is 1. The van der Waals surface area contributed by atoms with Crippen LogP contribution in [0, 0.1) is 13.8 Å². The molecule has 0 bridgehead atoms. The first-order valence-corrected chi connectivity index (χ1v) is 17.2. The third-order valence-corrected chi connectivity index (χ3v) is 8.25. The highest BCUT2D eigenvalue weighted by Crippen LogP contribution is 2.22. The molecule has 6 aromatic rings. The fraction of sp³-hybridized carbons (Fsp3) is 0.333. The molecule has 0 aliphatic rings. The van der Waals surface area contributed by atoms with Crippen LogP contribution >= 0.6 is 15.9 Å². The average Bonchev–Trinajstić information content (AvgIpc) is 3.12. The van der Waals surface area contributed by atoms with E-state index in [0.717, 1.165) is 41.5 Å². The van der Waals surface area contributed by atoms with E-state index in [4.69, 9.17) is 4.74 Å². The molecule has 6 heterocycles. The smallest absolute Gasteiger partial charge is 0.332 e. The maximum absolute atomic E-state index is 12.7. The van der Waals surface area contributed by atoms with E-state index in [9.17, 15) is 24.3 Å². The second kappa shape index (κ2) is 17.5. The predicted octanol–water partition coefficient (Wildman–Crippen LogP) is 5.14. The minimum atomic E-state index is -0.398. The van der Waals surface area contributed by atoms with Crippen LogP contribution in [0.25, 0.3) is 22.1 Å². The number of hydrogen-bond acceptors (Lipinski definition) is 10. The predicted molar refractivity (Wildman–Crippen MR) is 200 cm³/mol. The normalized spacial score (nSPS) is 10.7. The summed E-state index contributed by atoms with van der Waals surface area (Å²) in [5.41, 5.74) is 1.10. The maximum atomic E-state index is 12.7. The number of aryl methyl sites for hydroxylation is 4. The number of nitrogens with zero attached hydrogens (tertiary/aromatic N) is 8. The number of rotatable bonds is 8. The van der Waals surface area contributed by atoms with E-state index in [2.05, 4.69) is 35.9 Å². The SMILES string of the molecule is CCCCn1c(=O)c2cc(O)cnc2n(C)c1=O.CCCCn1c(=O)c2cc(Oc3ccc(C)nc3)cnc2n(C)c1=O.Cc1ccc(Br)cn1. The fourth-order valence-corrected chi connectivity index (χ4v) is 5.16. The molecule has 15 heteroatoms. The number of aromatic hydroxyl groups is 1. The van der Waals surface area contributed by atoms with Crippen LogP contribution in [0.1, 0.15) is 50.9 Å². The van der Waals surface area contributed by atoms with Crippen LogP contribution in [-0.4, -0.2) is 43.3 Å². The summed E-state index contributed by atoms with van der Waals surface area (Å²) in [4.78, 5) is 65.6. The van der Waals surface area contributed by atoms with E-state index in [1.807, 2.05) is 45.9 Å². The summed E-state index contributed by atoms with van der Waals surface area (Å²) in [6.07, 6.45) is 9.43. The van der Waals surface area contributed by atoms with Crippen LogP contribution in [0.2, 0.25) is 0 Å². The van der Waals surface area contributed by atoms with Crippen molar-refractivity contribution in [3.05, 3.63) is 119 Å². The van der Waals surface area contributed by atoms with Gasteiger partial charge in [-0.3, -0.25) is 37.8 Å². The minimum absolute atomic E-state index is 0.0831. The Balaban J connectivity index is 0.000000194. The quantitative estimate of drug-likeness (QED) is 0.219. The van der Waals surface area contributed by atoms with E-state index in [0.29, 0.717) is 35.6 Å². The molecule has 6 aromatic heterocycles. The number of aromatic nitrogens is 8. The van der Waals surface area contributed by atoms with Gasteiger partial charge in [0.25, 0.3) is 11.1 Å². The Morgan fingerprint density at radius 1 is 0.667 bits per heavy atom. The molecule has 268 valence electrons. The van der Waals surface area contributed by atoms with Crippen LogP contribution in [0.3, 0.4) is 0 Å². The second-order valence-corrected chi connectivity index (χ2v) is 12.7. The molecule has 0 fully saturated rings. The van der Waals surface area contributed by atoms with Crippen LogP contribution < -0.4 is 27.2 Å². The summed E-state index contributed by atoms with van der Waals surface area (Å²) >= 11 is 3.28. The third kappa shape index (κ3) is 9.42. The van der Waals surface area contributed by atoms with Gasteiger partial charge in [-0.1, -0.05) is 26.7 Å². The lowest BCUT2D eigenvalue weighted by atomic mass is 10.3. The van der Waals surface area contributed by atoms with Gasteiger partial charge in [-0.2, -0.15) is 0 Å². The first-order valence-electron chi connectivity index (χ1n) is 16.4. The third-order valence-electron chi connectivity index (χ3n) is 7.78. The van der Waals surface area contributed by atoms with Gasteiger partial charge >= 0.3 is 11.4 Å².